The Hall–Kier alpha value is -1.22. The van der Waals surface area contributed by atoms with Gasteiger partial charge in [-0.1, -0.05) is 38.7 Å². The summed E-state index contributed by atoms with van der Waals surface area (Å²) in [5.74, 6) is 0.140. The first-order chi connectivity index (χ1) is 12.4. The molecule has 0 aliphatic carbocycles. The molecule has 1 aromatic rings. The van der Waals surface area contributed by atoms with Crippen LogP contribution in [0.1, 0.15) is 55.7 Å². The molecule has 1 rings (SSSR count). The van der Waals surface area contributed by atoms with E-state index in [4.69, 9.17) is 20.4 Å². The summed E-state index contributed by atoms with van der Waals surface area (Å²) in [4.78, 5) is 0. The molecule has 1 aromatic carbocycles. The number of benzene rings is 1. The molecule has 0 saturated heterocycles. The van der Waals surface area contributed by atoms with Gasteiger partial charge in [0, 0.05) is 31.7 Å². The van der Waals surface area contributed by atoms with Gasteiger partial charge in [0.05, 0.1) is 0 Å². The summed E-state index contributed by atoms with van der Waals surface area (Å²) < 4.78 is 0. The van der Waals surface area contributed by atoms with E-state index < -0.39 is 12.6 Å². The predicted octanol–water partition coefficient (Wildman–Crippen LogP) is 0.706. The Morgan fingerprint density at radius 3 is 1.92 bits per heavy atom. The van der Waals surface area contributed by atoms with Crippen molar-refractivity contribution < 1.29 is 25.5 Å². The van der Waals surface area contributed by atoms with Gasteiger partial charge in [0.2, 0.25) is 0 Å². The van der Waals surface area contributed by atoms with E-state index in [0.29, 0.717) is 18.7 Å². The average Bonchev–Trinajstić information content (AvgIpc) is 2.57. The van der Waals surface area contributed by atoms with Crippen molar-refractivity contribution >= 4 is 0 Å². The first-order valence-electron chi connectivity index (χ1n) is 9.41. The lowest BCUT2D eigenvalue weighted by molar-refractivity contribution is -0.0380. The smallest absolute Gasteiger partial charge is 0.164 e. The number of aryl methyl sites for hydroxylation is 1. The minimum absolute atomic E-state index is 0.0312. The number of phenolic OH excluding ortho intramolecular Hbond substituents is 1. The Balaban J connectivity index is 2.75. The molecule has 7 heteroatoms. The summed E-state index contributed by atoms with van der Waals surface area (Å²) in [7, 11) is 0. The van der Waals surface area contributed by atoms with Crippen LogP contribution in [0.25, 0.3) is 0 Å². The van der Waals surface area contributed by atoms with Gasteiger partial charge in [-0.25, -0.2) is 0 Å². The number of rotatable bonds is 14. The lowest BCUT2D eigenvalue weighted by Crippen LogP contribution is -2.27. The molecular formula is C19H34N2O5. The molecule has 0 fully saturated rings. The van der Waals surface area contributed by atoms with Gasteiger partial charge in [-0.2, -0.15) is 0 Å². The van der Waals surface area contributed by atoms with E-state index in [1.165, 1.54) is 19.3 Å². The fraction of sp³-hybridized carbons (Fsp3) is 0.684. The standard InChI is InChI=1S/C19H34N2O5/c1-2-3-4-5-6-7-14-8-16(11-21-13-19(25)26)17(22)9-15(14)10-20-12-18(23)24/h8-9,18-26H,2-7,10-13H2,1H3. The van der Waals surface area contributed by atoms with Crippen molar-refractivity contribution in [3.05, 3.63) is 28.8 Å². The highest BCUT2D eigenvalue weighted by Crippen LogP contribution is 2.24. The minimum Gasteiger partial charge on any atom is -0.508 e. The number of hydrogen-bond acceptors (Lipinski definition) is 7. The molecule has 0 amide bonds. The quantitative estimate of drug-likeness (QED) is 0.190. The second kappa shape index (κ2) is 13.0. The number of hydrogen-bond donors (Lipinski definition) is 7. The van der Waals surface area contributed by atoms with Crippen molar-refractivity contribution in [2.45, 2.75) is 71.1 Å². The fourth-order valence-electron chi connectivity index (χ4n) is 2.86. The molecule has 150 valence electrons. The summed E-state index contributed by atoms with van der Waals surface area (Å²) in [5.41, 5.74) is 2.75. The molecule has 0 unspecified atom stereocenters. The fourth-order valence-corrected chi connectivity index (χ4v) is 2.86. The number of aromatic hydroxyl groups is 1. The minimum atomic E-state index is -1.43. The molecule has 7 nitrogen and oxygen atoms in total. The van der Waals surface area contributed by atoms with E-state index in [0.717, 1.165) is 30.4 Å². The zero-order chi connectivity index (χ0) is 19.4. The molecule has 0 heterocycles. The predicted molar refractivity (Wildman–Crippen MR) is 100 cm³/mol. The van der Waals surface area contributed by atoms with E-state index in [1.807, 2.05) is 6.07 Å². The third-order valence-corrected chi connectivity index (χ3v) is 4.24. The molecule has 0 bridgehead atoms. The van der Waals surface area contributed by atoms with Gasteiger partial charge < -0.3 is 36.2 Å². The molecule has 0 atom stereocenters. The second-order valence-corrected chi connectivity index (χ2v) is 6.64. The van der Waals surface area contributed by atoms with Crippen LogP contribution < -0.4 is 10.6 Å². The van der Waals surface area contributed by atoms with Crippen LogP contribution in [0.4, 0.5) is 0 Å². The molecule has 0 aromatic heterocycles. The maximum absolute atomic E-state index is 10.2. The van der Waals surface area contributed by atoms with Crippen LogP contribution in [0.3, 0.4) is 0 Å². The van der Waals surface area contributed by atoms with Crippen LogP contribution in [0.2, 0.25) is 0 Å². The molecule has 7 N–H and O–H groups in total. The molecule has 26 heavy (non-hydrogen) atoms. The van der Waals surface area contributed by atoms with Crippen molar-refractivity contribution in [2.24, 2.45) is 0 Å². The highest BCUT2D eigenvalue weighted by Gasteiger charge is 2.10. The number of unbranched alkanes of at least 4 members (excludes halogenated alkanes) is 4. The van der Waals surface area contributed by atoms with Crippen LogP contribution in [0.15, 0.2) is 12.1 Å². The van der Waals surface area contributed by atoms with E-state index in [2.05, 4.69) is 17.6 Å². The van der Waals surface area contributed by atoms with E-state index in [9.17, 15) is 5.11 Å². The molecule has 0 aliphatic heterocycles. The summed E-state index contributed by atoms with van der Waals surface area (Å²) in [5, 5.41) is 51.8. The normalized spacial score (nSPS) is 11.7. The van der Waals surface area contributed by atoms with Gasteiger partial charge >= 0.3 is 0 Å². The van der Waals surface area contributed by atoms with Crippen LogP contribution in [0.5, 0.6) is 5.75 Å². The van der Waals surface area contributed by atoms with Crippen molar-refractivity contribution in [3.8, 4) is 5.75 Å². The molecular weight excluding hydrogens is 336 g/mol. The number of phenols is 1. The van der Waals surface area contributed by atoms with Gasteiger partial charge in [0.15, 0.2) is 12.6 Å². The average molecular weight is 370 g/mol. The monoisotopic (exact) mass is 370 g/mol. The highest BCUT2D eigenvalue weighted by molar-refractivity contribution is 5.42. The summed E-state index contributed by atoms with van der Waals surface area (Å²) in [6.07, 6.45) is 3.91. The summed E-state index contributed by atoms with van der Waals surface area (Å²) in [6.45, 7) is 3.06. The maximum atomic E-state index is 10.2. The largest absolute Gasteiger partial charge is 0.508 e. The van der Waals surface area contributed by atoms with Crippen molar-refractivity contribution in [1.29, 1.82) is 0 Å². The Morgan fingerprint density at radius 1 is 0.769 bits per heavy atom. The second-order valence-electron chi connectivity index (χ2n) is 6.64. The zero-order valence-corrected chi connectivity index (χ0v) is 15.6. The number of aliphatic hydroxyl groups is 4. The lowest BCUT2D eigenvalue weighted by Gasteiger charge is -2.16. The lowest BCUT2D eigenvalue weighted by atomic mass is 9.97. The van der Waals surface area contributed by atoms with Gasteiger partial charge in [0.25, 0.3) is 0 Å². The van der Waals surface area contributed by atoms with Gasteiger partial charge in [-0.3, -0.25) is 0 Å². The van der Waals surface area contributed by atoms with E-state index in [-0.39, 0.29) is 18.8 Å². The SMILES string of the molecule is CCCCCCCc1cc(CNCC(O)O)c(O)cc1CNCC(O)O. The summed E-state index contributed by atoms with van der Waals surface area (Å²) >= 11 is 0. The van der Waals surface area contributed by atoms with Gasteiger partial charge in [-0.15, -0.1) is 0 Å². The van der Waals surface area contributed by atoms with Crippen LogP contribution in [0, 0.1) is 0 Å². The number of nitrogens with one attached hydrogen (secondary N) is 2. The Labute approximate surface area is 155 Å². The maximum Gasteiger partial charge on any atom is 0.164 e. The molecule has 0 spiro atoms. The summed E-state index contributed by atoms with van der Waals surface area (Å²) in [6, 6.07) is 3.64. The molecule has 0 radical (unpaired) electrons. The van der Waals surface area contributed by atoms with Crippen molar-refractivity contribution in [1.82, 2.24) is 10.6 Å². The van der Waals surface area contributed by atoms with Crippen LogP contribution >= 0.6 is 0 Å². The number of aliphatic hydroxyl groups excluding tert-OH is 2. The molecule has 0 aliphatic rings. The third-order valence-electron chi connectivity index (χ3n) is 4.24. The Kier molecular flexibility index (Phi) is 11.4. The first-order valence-corrected chi connectivity index (χ1v) is 9.41. The first kappa shape index (κ1) is 22.8. The van der Waals surface area contributed by atoms with Crippen molar-refractivity contribution in [3.63, 3.8) is 0 Å². The molecule has 0 saturated carbocycles. The van der Waals surface area contributed by atoms with Crippen LogP contribution in [-0.4, -0.2) is 51.2 Å². The van der Waals surface area contributed by atoms with Crippen LogP contribution in [-0.2, 0) is 19.5 Å². The zero-order valence-electron chi connectivity index (χ0n) is 15.6. The van der Waals surface area contributed by atoms with Crippen molar-refractivity contribution in [2.75, 3.05) is 13.1 Å². The highest BCUT2D eigenvalue weighted by atomic mass is 16.5. The van der Waals surface area contributed by atoms with E-state index in [1.54, 1.807) is 6.07 Å². The Bertz CT molecular complexity index is 509. The van der Waals surface area contributed by atoms with Gasteiger partial charge in [0.1, 0.15) is 5.75 Å². The Morgan fingerprint density at radius 2 is 1.35 bits per heavy atom. The van der Waals surface area contributed by atoms with Gasteiger partial charge in [-0.05, 0) is 30.0 Å². The third kappa shape index (κ3) is 9.47. The van der Waals surface area contributed by atoms with E-state index >= 15 is 0 Å². The topological polar surface area (TPSA) is 125 Å².